The third-order valence-electron chi connectivity index (χ3n) is 6.36. The van der Waals surface area contributed by atoms with E-state index in [1.807, 2.05) is 29.2 Å². The summed E-state index contributed by atoms with van der Waals surface area (Å²) < 4.78 is 0. The quantitative estimate of drug-likeness (QED) is 0.765. The number of aryl methyl sites for hydroxylation is 1. The number of carbonyl (C=O) groups excluding carboxylic acids is 1. The number of rotatable bonds is 6. The van der Waals surface area contributed by atoms with Crippen molar-refractivity contribution in [3.63, 3.8) is 0 Å². The van der Waals surface area contributed by atoms with Crippen molar-refractivity contribution >= 4 is 17.7 Å². The smallest absolute Gasteiger partial charge is 0.321 e. The number of likely N-dealkylation sites (tertiary alicyclic amines) is 1. The highest BCUT2D eigenvalue weighted by Crippen LogP contribution is 2.28. The number of carbonyl (C=O) groups is 2. The number of anilines is 1. The monoisotopic (exact) mass is 402 g/mol. The van der Waals surface area contributed by atoms with E-state index in [1.165, 1.54) is 0 Å². The van der Waals surface area contributed by atoms with Crippen molar-refractivity contribution in [2.24, 2.45) is 5.92 Å². The van der Waals surface area contributed by atoms with E-state index in [0.29, 0.717) is 25.6 Å². The number of benzene rings is 1. The van der Waals surface area contributed by atoms with Crippen LogP contribution >= 0.6 is 0 Å². The molecule has 0 saturated carbocycles. The van der Waals surface area contributed by atoms with Gasteiger partial charge >= 0.3 is 12.0 Å². The van der Waals surface area contributed by atoms with Gasteiger partial charge in [0.05, 0.1) is 0 Å². The molecule has 2 aliphatic heterocycles. The van der Waals surface area contributed by atoms with E-state index in [9.17, 15) is 14.7 Å². The van der Waals surface area contributed by atoms with Crippen LogP contribution in [0.4, 0.5) is 10.5 Å². The SMILES string of the molecule is CCc1ccccc1NC(=O)N1CC[C@H](N2CCN(C)CC2)[C@H](CCC(=O)O)C1. The molecule has 2 heterocycles. The Hall–Kier alpha value is -2.12. The third kappa shape index (κ3) is 5.70. The minimum absolute atomic E-state index is 0.0805. The summed E-state index contributed by atoms with van der Waals surface area (Å²) in [5.41, 5.74) is 1.99. The van der Waals surface area contributed by atoms with Crippen molar-refractivity contribution in [3.05, 3.63) is 29.8 Å². The number of para-hydroxylation sites is 1. The molecule has 2 aliphatic rings. The molecule has 1 aromatic rings. The van der Waals surface area contributed by atoms with Crippen molar-refractivity contribution in [2.75, 3.05) is 51.6 Å². The lowest BCUT2D eigenvalue weighted by Gasteiger charge is -2.46. The maximum absolute atomic E-state index is 12.9. The summed E-state index contributed by atoms with van der Waals surface area (Å²) in [4.78, 5) is 30.8. The average molecular weight is 403 g/mol. The molecule has 0 radical (unpaired) electrons. The molecule has 7 heteroatoms. The summed E-state index contributed by atoms with van der Waals surface area (Å²) in [5.74, 6) is -0.573. The van der Waals surface area contributed by atoms with E-state index >= 15 is 0 Å². The van der Waals surface area contributed by atoms with Crippen molar-refractivity contribution in [2.45, 2.75) is 38.6 Å². The molecule has 0 bridgehead atoms. The van der Waals surface area contributed by atoms with Crippen LogP contribution < -0.4 is 5.32 Å². The number of piperazine rings is 1. The Bertz CT molecular complexity index is 703. The van der Waals surface area contributed by atoms with Gasteiger partial charge in [0.1, 0.15) is 0 Å². The van der Waals surface area contributed by atoms with E-state index in [1.54, 1.807) is 0 Å². The van der Waals surface area contributed by atoms with E-state index in [4.69, 9.17) is 0 Å². The minimum Gasteiger partial charge on any atom is -0.481 e. The topological polar surface area (TPSA) is 76.1 Å². The molecule has 2 fully saturated rings. The van der Waals surface area contributed by atoms with E-state index in [2.05, 4.69) is 29.1 Å². The number of nitrogens with one attached hydrogen (secondary N) is 1. The molecular formula is C22H34N4O3. The zero-order valence-corrected chi connectivity index (χ0v) is 17.6. The molecule has 0 aromatic heterocycles. The van der Waals surface area contributed by atoms with Crippen molar-refractivity contribution < 1.29 is 14.7 Å². The second-order valence-corrected chi connectivity index (χ2v) is 8.27. The normalized spacial score (nSPS) is 23.7. The van der Waals surface area contributed by atoms with Gasteiger partial charge in [0, 0.05) is 57.4 Å². The van der Waals surface area contributed by atoms with E-state index in [0.717, 1.165) is 50.3 Å². The zero-order valence-electron chi connectivity index (χ0n) is 17.6. The van der Waals surface area contributed by atoms with Gasteiger partial charge in [-0.1, -0.05) is 25.1 Å². The summed E-state index contributed by atoms with van der Waals surface area (Å²) in [5, 5.41) is 12.3. The number of amides is 2. The first-order chi connectivity index (χ1) is 14.0. The average Bonchev–Trinajstić information content (AvgIpc) is 2.73. The van der Waals surface area contributed by atoms with Crippen molar-refractivity contribution in [1.82, 2.24) is 14.7 Å². The molecule has 0 unspecified atom stereocenters. The highest BCUT2D eigenvalue weighted by molar-refractivity contribution is 5.90. The second kappa shape index (κ2) is 10.1. The van der Waals surface area contributed by atoms with Crippen molar-refractivity contribution in [3.8, 4) is 0 Å². The van der Waals surface area contributed by atoms with E-state index in [-0.39, 0.29) is 18.4 Å². The van der Waals surface area contributed by atoms with Gasteiger partial charge in [-0.25, -0.2) is 4.79 Å². The Balaban J connectivity index is 1.65. The first-order valence-electron chi connectivity index (χ1n) is 10.8. The summed E-state index contributed by atoms with van der Waals surface area (Å²) in [6.07, 6.45) is 2.53. The number of likely N-dealkylation sites (N-methyl/N-ethyl adjacent to an activating group) is 1. The van der Waals surface area contributed by atoms with Crippen LogP contribution in [0.5, 0.6) is 0 Å². The molecule has 1 aromatic carbocycles. The number of nitrogens with zero attached hydrogens (tertiary/aromatic N) is 3. The van der Waals surface area contributed by atoms with Crippen molar-refractivity contribution in [1.29, 1.82) is 0 Å². The first kappa shape index (κ1) is 21.6. The number of carboxylic acid groups (broad SMARTS) is 1. The van der Waals surface area contributed by atoms with Gasteiger partial charge in [0.25, 0.3) is 0 Å². The van der Waals surface area contributed by atoms with Crippen LogP contribution in [0, 0.1) is 5.92 Å². The molecule has 0 spiro atoms. The fourth-order valence-corrected chi connectivity index (χ4v) is 4.58. The summed E-state index contributed by atoms with van der Waals surface area (Å²) in [7, 11) is 2.14. The Morgan fingerprint density at radius 1 is 1.14 bits per heavy atom. The molecule has 2 N–H and O–H groups in total. The van der Waals surface area contributed by atoms with Gasteiger partial charge in [-0.3, -0.25) is 9.69 Å². The molecule has 7 nitrogen and oxygen atoms in total. The molecule has 3 rings (SSSR count). The van der Waals surface area contributed by atoms with Crippen LogP contribution in [0.3, 0.4) is 0 Å². The standard InChI is InChI=1S/C22H34N4O3/c1-3-17-6-4-5-7-19(17)23-22(29)26-11-10-20(18(16-26)8-9-21(27)28)25-14-12-24(2)13-15-25/h4-7,18,20H,3,8-16H2,1-2H3,(H,23,29)(H,27,28)/t18-,20+/m1/s1. The number of hydrogen-bond acceptors (Lipinski definition) is 4. The fraction of sp³-hybridized carbons (Fsp3) is 0.636. The Labute approximate surface area is 173 Å². The van der Waals surface area contributed by atoms with Gasteiger partial charge in [-0.05, 0) is 43.9 Å². The third-order valence-corrected chi connectivity index (χ3v) is 6.36. The maximum Gasteiger partial charge on any atom is 0.321 e. The number of hydrogen-bond donors (Lipinski definition) is 2. The maximum atomic E-state index is 12.9. The summed E-state index contributed by atoms with van der Waals surface area (Å²) in [6, 6.07) is 8.17. The highest BCUT2D eigenvalue weighted by Gasteiger charge is 2.36. The predicted molar refractivity (Wildman–Crippen MR) is 114 cm³/mol. The molecule has 2 saturated heterocycles. The second-order valence-electron chi connectivity index (χ2n) is 8.27. The van der Waals surface area contributed by atoms with Gasteiger partial charge in [0.2, 0.25) is 0 Å². The Kier molecular flexibility index (Phi) is 7.50. The molecule has 29 heavy (non-hydrogen) atoms. The van der Waals surface area contributed by atoms with Gasteiger partial charge < -0.3 is 20.2 Å². The molecule has 160 valence electrons. The molecular weight excluding hydrogens is 368 g/mol. The minimum atomic E-state index is -0.763. The van der Waals surface area contributed by atoms with Crippen LogP contribution in [0.2, 0.25) is 0 Å². The van der Waals surface area contributed by atoms with Gasteiger partial charge in [0.15, 0.2) is 0 Å². The lowest BCUT2D eigenvalue weighted by Crippen LogP contribution is -2.57. The van der Waals surface area contributed by atoms with Gasteiger partial charge in [-0.2, -0.15) is 0 Å². The van der Waals surface area contributed by atoms with Crippen LogP contribution in [0.15, 0.2) is 24.3 Å². The lowest BCUT2D eigenvalue weighted by atomic mass is 9.86. The van der Waals surface area contributed by atoms with Crippen LogP contribution in [-0.2, 0) is 11.2 Å². The Morgan fingerprint density at radius 3 is 2.55 bits per heavy atom. The van der Waals surface area contributed by atoms with E-state index < -0.39 is 5.97 Å². The number of piperidine rings is 1. The first-order valence-corrected chi connectivity index (χ1v) is 10.8. The fourth-order valence-electron chi connectivity index (χ4n) is 4.58. The number of carboxylic acids is 1. The van der Waals surface area contributed by atoms with Crippen LogP contribution in [0.25, 0.3) is 0 Å². The molecule has 2 atom stereocenters. The molecule has 2 amide bonds. The lowest BCUT2D eigenvalue weighted by molar-refractivity contribution is -0.137. The van der Waals surface area contributed by atoms with Crippen LogP contribution in [-0.4, -0.2) is 84.2 Å². The largest absolute Gasteiger partial charge is 0.481 e. The Morgan fingerprint density at radius 2 is 1.86 bits per heavy atom. The summed E-state index contributed by atoms with van der Waals surface area (Å²) >= 11 is 0. The van der Waals surface area contributed by atoms with Crippen LogP contribution in [0.1, 0.15) is 31.7 Å². The molecule has 0 aliphatic carbocycles. The zero-order chi connectivity index (χ0) is 20.8. The number of urea groups is 1. The highest BCUT2D eigenvalue weighted by atomic mass is 16.4. The number of aliphatic carboxylic acids is 1. The van der Waals surface area contributed by atoms with Gasteiger partial charge in [-0.15, -0.1) is 0 Å². The predicted octanol–water partition coefficient (Wildman–Crippen LogP) is 2.58. The summed E-state index contributed by atoms with van der Waals surface area (Å²) in [6.45, 7) is 7.52.